The van der Waals surface area contributed by atoms with Gasteiger partial charge >= 0.3 is 30.3 Å². The topological polar surface area (TPSA) is 415 Å². The van der Waals surface area contributed by atoms with Gasteiger partial charge in [0.05, 0.1) is 140 Å². The van der Waals surface area contributed by atoms with E-state index in [4.69, 9.17) is 38.3 Å². The lowest BCUT2D eigenvalue weighted by Gasteiger charge is -2.33. The number of ether oxygens (including phenoxy) is 8. The molecule has 7 amide bonds. The first kappa shape index (κ1) is 82.9. The van der Waals surface area contributed by atoms with Gasteiger partial charge < -0.3 is 104 Å². The molecule has 33 heteroatoms. The highest BCUT2D eigenvalue weighted by molar-refractivity contribution is 5.88. The van der Waals surface area contributed by atoms with E-state index < -0.39 is 72.1 Å². The summed E-state index contributed by atoms with van der Waals surface area (Å²) in [6, 6.07) is 29.3. The maximum absolute atomic E-state index is 13.6. The van der Waals surface area contributed by atoms with Gasteiger partial charge in [-0.25, -0.2) is 39.1 Å². The molecule has 6 saturated heterocycles. The quantitative estimate of drug-likeness (QED) is 0.0317. The van der Waals surface area contributed by atoms with Crippen LogP contribution in [0.3, 0.4) is 0 Å². The van der Waals surface area contributed by atoms with Crippen LogP contribution >= 0.6 is 0 Å². The fraction of sp³-hybridized carbons (Fsp3) is 0.463. The molecule has 6 aliphatic rings. The van der Waals surface area contributed by atoms with E-state index in [0.717, 1.165) is 137 Å². The van der Waals surface area contributed by atoms with Crippen molar-refractivity contribution in [2.24, 2.45) is 11.8 Å². The lowest BCUT2D eigenvalue weighted by Crippen LogP contribution is -2.51. The van der Waals surface area contributed by atoms with Crippen LogP contribution in [0.2, 0.25) is 0 Å². The van der Waals surface area contributed by atoms with Crippen LogP contribution in [-0.2, 0) is 57.1 Å². The van der Waals surface area contributed by atoms with E-state index >= 15 is 0 Å². The Balaban J connectivity index is 0.000000192. The number of likely N-dealkylation sites (tertiary alicyclic amines) is 3. The number of H-pyrrole nitrogens is 4. The van der Waals surface area contributed by atoms with Gasteiger partial charge in [0.15, 0.2) is 11.6 Å². The summed E-state index contributed by atoms with van der Waals surface area (Å²) in [7, 11) is 5.01. The maximum Gasteiger partial charge on any atom is 0.407 e. The third-order valence-electron chi connectivity index (χ3n) is 21.5. The zero-order chi connectivity index (χ0) is 81.7. The summed E-state index contributed by atoms with van der Waals surface area (Å²) < 4.78 is 42.4. The van der Waals surface area contributed by atoms with Crippen LogP contribution in [0.5, 0.6) is 0 Å². The summed E-state index contributed by atoms with van der Waals surface area (Å²) in [6.07, 6.45) is 10.7. The number of alkyl carbamates (subject to hydrolysis) is 4. The third-order valence-corrected chi connectivity index (χ3v) is 21.5. The molecule has 2 unspecified atom stereocenters. The predicted octanol–water partition coefficient (Wildman–Crippen LogP) is 10.5. The fourth-order valence-electron chi connectivity index (χ4n) is 15.1. The number of benzene rings is 4. The van der Waals surface area contributed by atoms with E-state index in [2.05, 4.69) is 144 Å². The van der Waals surface area contributed by atoms with Gasteiger partial charge in [0.2, 0.25) is 17.7 Å². The zero-order valence-electron chi connectivity index (χ0n) is 66.2. The lowest BCUT2D eigenvalue weighted by atomic mass is 10.0. The van der Waals surface area contributed by atoms with Crippen molar-refractivity contribution >= 4 is 48.1 Å². The summed E-state index contributed by atoms with van der Waals surface area (Å²) in [5.41, 5.74) is 11.7. The molecule has 6 aliphatic heterocycles. The first-order valence-electron chi connectivity index (χ1n) is 38.8. The molecule has 14 rings (SSSR count). The molecule has 0 aliphatic carbocycles. The van der Waals surface area contributed by atoms with Crippen molar-refractivity contribution in [2.75, 3.05) is 81.0 Å². The summed E-state index contributed by atoms with van der Waals surface area (Å²) in [5, 5.41) is 21.8. The van der Waals surface area contributed by atoms with Crippen molar-refractivity contribution < 1.29 is 81.4 Å². The minimum Gasteiger partial charge on any atom is -0.480 e. The van der Waals surface area contributed by atoms with Crippen LogP contribution in [0, 0.1) is 11.8 Å². The molecule has 612 valence electrons. The first-order chi connectivity index (χ1) is 55.4. The Morgan fingerprint density at radius 2 is 0.748 bits per heavy atom. The molecule has 8 atom stereocenters. The number of rotatable bonds is 20. The Morgan fingerprint density at radius 3 is 1.11 bits per heavy atom. The number of carboxylic acid groups (broad SMARTS) is 1. The Hall–Kier alpha value is -11.5. The SMILES string of the molecule is COC(=O)N[C@@H](C)C(=O)N1CC2(C[C@H]1c1ncc(-c3ccc(-c4ccc(-c5cnc(C6CCCN6C(=O)[C@@H](NC(=O)OC)C(C)C)[nH]5)cc4)cc3)[nH]1)OCCCO2.COC(=O)N[C@@H](C)C(=O)O.COC(=O)N[C@H](C(=O)N1CCCC1c1ncc(-c2ccc(-c3ccc(-c4cnc([C@@H]5CC6(CN5)OCCCO6)[nH]4)cc3)cc2)[nH]1)C(C)C. The minimum absolute atomic E-state index is 0.0627. The number of hydrogen-bond acceptors (Lipinski definition) is 21. The molecule has 8 aromatic rings. The number of aromatic amines is 4. The maximum atomic E-state index is 13.6. The van der Waals surface area contributed by atoms with Crippen molar-refractivity contribution in [3.63, 3.8) is 0 Å². The van der Waals surface area contributed by atoms with Crippen LogP contribution in [-0.4, -0.2) is 225 Å². The largest absolute Gasteiger partial charge is 0.480 e. The lowest BCUT2D eigenvalue weighted by molar-refractivity contribution is -0.257. The molecule has 10 heterocycles. The molecular weight excluding hydrogens is 1480 g/mol. The number of nitrogens with one attached hydrogen (secondary N) is 9. The summed E-state index contributed by atoms with van der Waals surface area (Å²) >= 11 is 0. The van der Waals surface area contributed by atoms with E-state index in [0.29, 0.717) is 50.9 Å². The van der Waals surface area contributed by atoms with E-state index in [1.165, 1.54) is 35.4 Å². The van der Waals surface area contributed by atoms with Gasteiger partial charge in [0.1, 0.15) is 47.5 Å². The van der Waals surface area contributed by atoms with Crippen LogP contribution in [0.25, 0.3) is 67.3 Å². The Kier molecular flexibility index (Phi) is 26.8. The van der Waals surface area contributed by atoms with Gasteiger partial charge in [-0.05, 0) is 109 Å². The third kappa shape index (κ3) is 19.6. The standard InChI is InChI=1S/C41H50N8O8.C36H43N7O5.C5H9NO4/c1-24(2)34(47-40(53)55-5)38(51)48-17-6-8-32(48)35-42-21-30(45-35)28-13-9-26(10-14-28)27-11-15-29(16-12-27)31-22-43-36(46-31)33-20-41(56-18-7-19-57-41)23-49(33)37(50)25(3)44-39(52)54-4;1-22(2)31(42-35(45)46-3)34(44)43-15-4-6-30(43)33-38-20-29(41-33)26-13-9-24(10-14-26)23-7-11-25(12-8-23)28-19-37-32(40-28)27-18-36(21-39-27)47-16-5-17-48-36;1-3(4(7)8)6-5(9)10-2/h9-16,21-22,24-25,32-34H,6-8,17-20,23H2,1-5H3,(H,42,45)(H,43,46)(H,44,52)(H,47,53);7-14,19-20,22,27,30-31,39H,4-6,15-18,21H2,1-3H3,(H,37,40)(H,38,41)(H,42,45);3H,1-2H3,(H,6,9)(H,7,8)/t25-,32?,33-,34-;27-,30?,31-;3-/m000/s1. The van der Waals surface area contributed by atoms with Crippen molar-refractivity contribution in [2.45, 2.75) is 153 Å². The Bertz CT molecular complexity index is 4660. The van der Waals surface area contributed by atoms with E-state index in [1.807, 2.05) is 69.3 Å². The average Bonchev–Trinajstić information content (AvgIpc) is 1.66. The summed E-state index contributed by atoms with van der Waals surface area (Å²) in [4.78, 5) is 135. The number of aliphatic carboxylic acids is 1. The number of carbonyl (C=O) groups is 8. The highest BCUT2D eigenvalue weighted by Crippen LogP contribution is 2.43. The number of nitrogens with zero attached hydrogens (tertiary/aromatic N) is 7. The summed E-state index contributed by atoms with van der Waals surface area (Å²) in [6.45, 7) is 15.2. The van der Waals surface area contributed by atoms with Crippen molar-refractivity contribution in [3.8, 4) is 67.3 Å². The molecule has 6 fully saturated rings. The molecule has 4 aromatic heterocycles. The van der Waals surface area contributed by atoms with Gasteiger partial charge in [-0.15, -0.1) is 0 Å². The zero-order valence-corrected chi connectivity index (χ0v) is 66.2. The smallest absolute Gasteiger partial charge is 0.407 e. The van der Waals surface area contributed by atoms with Gasteiger partial charge in [-0.2, -0.15) is 0 Å². The van der Waals surface area contributed by atoms with E-state index in [-0.39, 0.29) is 54.2 Å². The van der Waals surface area contributed by atoms with E-state index in [1.54, 1.807) is 29.1 Å². The Labute approximate surface area is 665 Å². The first-order valence-corrected chi connectivity index (χ1v) is 38.8. The highest BCUT2D eigenvalue weighted by Gasteiger charge is 2.52. The molecular formula is C82H102N16O17. The molecule has 0 saturated carbocycles. The normalized spacial score (nSPS) is 19.8. The van der Waals surface area contributed by atoms with E-state index in [9.17, 15) is 38.4 Å². The van der Waals surface area contributed by atoms with Crippen LogP contribution in [0.4, 0.5) is 19.2 Å². The van der Waals surface area contributed by atoms with Crippen molar-refractivity contribution in [1.29, 1.82) is 0 Å². The second-order valence-corrected chi connectivity index (χ2v) is 29.9. The molecule has 10 N–H and O–H groups in total. The number of hydrogen-bond donors (Lipinski definition) is 10. The van der Waals surface area contributed by atoms with Gasteiger partial charge in [0, 0.05) is 25.9 Å². The molecule has 33 nitrogen and oxygen atoms in total. The van der Waals surface area contributed by atoms with Crippen molar-refractivity contribution in [3.05, 3.63) is 145 Å². The second-order valence-electron chi connectivity index (χ2n) is 29.9. The van der Waals surface area contributed by atoms with Crippen LogP contribution in [0.15, 0.2) is 122 Å². The molecule has 115 heavy (non-hydrogen) atoms. The monoisotopic (exact) mass is 1580 g/mol. The number of aromatic nitrogens is 8. The number of carbonyl (C=O) groups excluding carboxylic acids is 7. The molecule has 0 bridgehead atoms. The fourth-order valence-corrected chi connectivity index (χ4v) is 15.1. The number of imidazole rings is 4. The molecule has 0 radical (unpaired) electrons. The number of methoxy groups -OCH3 is 4. The van der Waals surface area contributed by atoms with Gasteiger partial charge in [-0.3, -0.25) is 19.2 Å². The second kappa shape index (κ2) is 37.2. The predicted molar refractivity (Wildman–Crippen MR) is 420 cm³/mol. The van der Waals surface area contributed by atoms with Crippen LogP contribution < -0.4 is 26.6 Å². The minimum atomic E-state index is -1.09. The number of carboxylic acids is 1. The van der Waals surface area contributed by atoms with Crippen LogP contribution in [0.1, 0.15) is 140 Å². The Morgan fingerprint density at radius 1 is 0.417 bits per heavy atom. The molecule has 4 aromatic carbocycles. The average molecular weight is 1580 g/mol. The van der Waals surface area contributed by atoms with Gasteiger partial charge in [0.25, 0.3) is 0 Å². The van der Waals surface area contributed by atoms with Gasteiger partial charge in [-0.1, -0.05) is 125 Å². The van der Waals surface area contributed by atoms with Crippen molar-refractivity contribution in [1.82, 2.24) is 81.2 Å². The molecule has 2 spiro atoms. The number of amides is 7. The summed E-state index contributed by atoms with van der Waals surface area (Å²) in [5.74, 6) is -0.369. The highest BCUT2D eigenvalue weighted by atomic mass is 16.7.